The summed E-state index contributed by atoms with van der Waals surface area (Å²) in [5.74, 6) is 0.290. The first-order valence-electron chi connectivity index (χ1n) is 8.77. The Kier molecular flexibility index (Phi) is 10.9. The van der Waals surface area contributed by atoms with Crippen molar-refractivity contribution in [2.75, 3.05) is 26.2 Å². The van der Waals surface area contributed by atoms with Gasteiger partial charge in [-0.3, -0.25) is 10.9 Å². The lowest BCUT2D eigenvalue weighted by molar-refractivity contribution is 0.432. The van der Waals surface area contributed by atoms with Crippen LogP contribution >= 0.6 is 0 Å². The fourth-order valence-electron chi connectivity index (χ4n) is 2.34. The average molecular weight is 335 g/mol. The molecule has 0 aromatic heterocycles. The van der Waals surface area contributed by atoms with Crippen molar-refractivity contribution < 1.29 is 5.11 Å². The SMILES string of the molecule is CCCC=C(N)CCNNCC(Cc1ccc(O)cc1)NCCN. The van der Waals surface area contributed by atoms with Gasteiger partial charge in [0, 0.05) is 44.3 Å². The highest BCUT2D eigenvalue weighted by atomic mass is 16.3. The summed E-state index contributed by atoms with van der Waals surface area (Å²) in [5.41, 5.74) is 20.1. The molecule has 6 heteroatoms. The molecule has 0 bridgehead atoms. The van der Waals surface area contributed by atoms with Crippen LogP contribution in [0.5, 0.6) is 5.75 Å². The molecule has 24 heavy (non-hydrogen) atoms. The molecule has 1 aromatic carbocycles. The molecule has 0 saturated heterocycles. The Bertz CT molecular complexity index is 461. The maximum absolute atomic E-state index is 9.36. The zero-order chi connectivity index (χ0) is 17.6. The molecule has 1 unspecified atom stereocenters. The van der Waals surface area contributed by atoms with Crippen LogP contribution in [0.15, 0.2) is 36.0 Å². The van der Waals surface area contributed by atoms with E-state index in [4.69, 9.17) is 11.5 Å². The van der Waals surface area contributed by atoms with Crippen molar-refractivity contribution in [3.63, 3.8) is 0 Å². The van der Waals surface area contributed by atoms with Gasteiger partial charge in [0.05, 0.1) is 0 Å². The van der Waals surface area contributed by atoms with E-state index in [-0.39, 0.29) is 6.04 Å². The molecule has 0 aliphatic heterocycles. The Morgan fingerprint density at radius 1 is 1.21 bits per heavy atom. The highest BCUT2D eigenvalue weighted by Crippen LogP contribution is 2.11. The number of hydrazine groups is 1. The molecule has 0 heterocycles. The summed E-state index contributed by atoms with van der Waals surface area (Å²) in [5, 5.41) is 12.8. The predicted molar refractivity (Wildman–Crippen MR) is 100 cm³/mol. The van der Waals surface area contributed by atoms with Crippen molar-refractivity contribution in [1.29, 1.82) is 0 Å². The van der Waals surface area contributed by atoms with E-state index in [0.717, 1.165) is 51.0 Å². The Labute approximate surface area is 145 Å². The standard InChI is InChI=1S/C18H33N5O/c1-2-3-4-16(20)9-11-22-23-14-17(21-12-10-19)13-15-5-7-18(24)8-6-15/h4-8,17,21-24H,2-3,9-14,19-20H2,1H3. The number of nitrogens with two attached hydrogens (primary N) is 2. The topological polar surface area (TPSA) is 108 Å². The minimum atomic E-state index is 0.263. The number of rotatable bonds is 13. The van der Waals surface area contributed by atoms with Gasteiger partial charge in [0.25, 0.3) is 0 Å². The third-order valence-electron chi connectivity index (χ3n) is 3.70. The summed E-state index contributed by atoms with van der Waals surface area (Å²) in [7, 11) is 0. The van der Waals surface area contributed by atoms with E-state index in [1.54, 1.807) is 12.1 Å². The number of unbranched alkanes of at least 4 members (excludes halogenated alkanes) is 1. The number of aromatic hydroxyl groups is 1. The third kappa shape index (κ3) is 9.52. The van der Waals surface area contributed by atoms with Crippen LogP contribution in [-0.2, 0) is 6.42 Å². The molecule has 0 saturated carbocycles. The first-order chi connectivity index (χ1) is 11.7. The molecule has 136 valence electrons. The van der Waals surface area contributed by atoms with Crippen LogP contribution in [0, 0.1) is 0 Å². The fraction of sp³-hybridized carbons (Fsp3) is 0.556. The molecule has 0 amide bonds. The van der Waals surface area contributed by atoms with Gasteiger partial charge in [-0.25, -0.2) is 0 Å². The number of phenolic OH excluding ortho intramolecular Hbond substituents is 1. The van der Waals surface area contributed by atoms with Gasteiger partial charge >= 0.3 is 0 Å². The smallest absolute Gasteiger partial charge is 0.115 e. The minimum Gasteiger partial charge on any atom is -0.508 e. The summed E-state index contributed by atoms with van der Waals surface area (Å²) < 4.78 is 0. The van der Waals surface area contributed by atoms with Crippen LogP contribution in [0.3, 0.4) is 0 Å². The molecule has 8 N–H and O–H groups in total. The molecule has 1 rings (SSSR count). The number of phenols is 1. The van der Waals surface area contributed by atoms with Crippen molar-refractivity contribution in [3.05, 3.63) is 41.6 Å². The van der Waals surface area contributed by atoms with Crippen molar-refractivity contribution in [2.45, 2.75) is 38.6 Å². The van der Waals surface area contributed by atoms with E-state index in [1.165, 1.54) is 5.56 Å². The second-order valence-electron chi connectivity index (χ2n) is 5.94. The summed E-state index contributed by atoms with van der Waals surface area (Å²) in [4.78, 5) is 0. The minimum absolute atomic E-state index is 0.263. The molecule has 1 atom stereocenters. The van der Waals surface area contributed by atoms with Crippen LogP contribution in [0.4, 0.5) is 0 Å². The van der Waals surface area contributed by atoms with Gasteiger partial charge in [-0.1, -0.05) is 31.6 Å². The highest BCUT2D eigenvalue weighted by molar-refractivity contribution is 5.26. The van der Waals surface area contributed by atoms with E-state index in [9.17, 15) is 5.11 Å². The molecule has 0 aliphatic rings. The van der Waals surface area contributed by atoms with Gasteiger partial charge in [0.2, 0.25) is 0 Å². The Morgan fingerprint density at radius 3 is 2.62 bits per heavy atom. The van der Waals surface area contributed by atoms with Gasteiger partial charge in [0.1, 0.15) is 5.75 Å². The van der Waals surface area contributed by atoms with Crippen LogP contribution < -0.4 is 27.6 Å². The molecule has 0 radical (unpaired) electrons. The van der Waals surface area contributed by atoms with Crippen LogP contribution in [0.25, 0.3) is 0 Å². The lowest BCUT2D eigenvalue weighted by atomic mass is 10.1. The molecule has 6 nitrogen and oxygen atoms in total. The Balaban J connectivity index is 2.31. The largest absolute Gasteiger partial charge is 0.508 e. The maximum atomic E-state index is 9.36. The molecular formula is C18H33N5O. The van der Waals surface area contributed by atoms with Gasteiger partial charge in [-0.15, -0.1) is 0 Å². The van der Waals surface area contributed by atoms with Gasteiger partial charge in [-0.2, -0.15) is 0 Å². The van der Waals surface area contributed by atoms with E-state index in [0.29, 0.717) is 12.3 Å². The average Bonchev–Trinajstić information content (AvgIpc) is 2.59. The summed E-state index contributed by atoms with van der Waals surface area (Å²) in [6.07, 6.45) is 5.96. The first-order valence-corrected chi connectivity index (χ1v) is 8.77. The number of nitrogens with one attached hydrogen (secondary N) is 3. The normalized spacial score (nSPS) is 13.2. The lowest BCUT2D eigenvalue weighted by Gasteiger charge is -2.20. The second-order valence-corrected chi connectivity index (χ2v) is 5.94. The maximum Gasteiger partial charge on any atom is 0.115 e. The van der Waals surface area contributed by atoms with Crippen molar-refractivity contribution in [3.8, 4) is 5.75 Å². The molecule has 0 aliphatic carbocycles. The number of allylic oxidation sites excluding steroid dienone is 1. The zero-order valence-electron chi connectivity index (χ0n) is 14.7. The van der Waals surface area contributed by atoms with Crippen molar-refractivity contribution in [2.24, 2.45) is 11.5 Å². The fourth-order valence-corrected chi connectivity index (χ4v) is 2.34. The molecule has 0 fully saturated rings. The summed E-state index contributed by atoms with van der Waals surface area (Å²) in [6.45, 7) is 5.11. The quantitative estimate of drug-likeness (QED) is 0.237. The Hall–Kier alpha value is -1.60. The van der Waals surface area contributed by atoms with E-state index in [1.807, 2.05) is 12.1 Å². The van der Waals surface area contributed by atoms with Crippen LogP contribution in [-0.4, -0.2) is 37.3 Å². The van der Waals surface area contributed by atoms with Gasteiger partial charge in [0.15, 0.2) is 0 Å². The Morgan fingerprint density at radius 2 is 1.96 bits per heavy atom. The van der Waals surface area contributed by atoms with Crippen molar-refractivity contribution >= 4 is 0 Å². The number of hydrogen-bond acceptors (Lipinski definition) is 6. The van der Waals surface area contributed by atoms with Crippen molar-refractivity contribution in [1.82, 2.24) is 16.2 Å². The van der Waals surface area contributed by atoms with Crippen LogP contribution in [0.2, 0.25) is 0 Å². The van der Waals surface area contributed by atoms with Gasteiger partial charge in [-0.05, 0) is 30.5 Å². The zero-order valence-corrected chi connectivity index (χ0v) is 14.7. The number of hydrogen-bond donors (Lipinski definition) is 6. The van der Waals surface area contributed by atoms with E-state index < -0.39 is 0 Å². The summed E-state index contributed by atoms with van der Waals surface area (Å²) >= 11 is 0. The molecule has 1 aromatic rings. The second kappa shape index (κ2) is 12.8. The predicted octanol–water partition coefficient (Wildman–Crippen LogP) is 0.979. The third-order valence-corrected chi connectivity index (χ3v) is 3.70. The van der Waals surface area contributed by atoms with E-state index >= 15 is 0 Å². The first kappa shape index (κ1) is 20.4. The monoisotopic (exact) mass is 335 g/mol. The lowest BCUT2D eigenvalue weighted by Crippen LogP contribution is -2.46. The van der Waals surface area contributed by atoms with Crippen LogP contribution in [0.1, 0.15) is 31.7 Å². The molecule has 0 spiro atoms. The molecular weight excluding hydrogens is 302 g/mol. The van der Waals surface area contributed by atoms with E-state index in [2.05, 4.69) is 29.2 Å². The number of benzene rings is 1. The van der Waals surface area contributed by atoms with Gasteiger partial charge < -0.3 is 21.9 Å². The highest BCUT2D eigenvalue weighted by Gasteiger charge is 2.08. The summed E-state index contributed by atoms with van der Waals surface area (Å²) in [6, 6.07) is 7.58.